The highest BCUT2D eigenvalue weighted by Crippen LogP contribution is 2.42. The van der Waals surface area contributed by atoms with Gasteiger partial charge in [-0.2, -0.15) is 0 Å². The predicted molar refractivity (Wildman–Crippen MR) is 139 cm³/mol. The smallest absolute Gasteiger partial charge is 0.265 e. The van der Waals surface area contributed by atoms with Crippen LogP contribution in [0.4, 0.5) is 5.69 Å². The molecule has 0 aliphatic carbocycles. The molecule has 0 saturated carbocycles. The van der Waals surface area contributed by atoms with Gasteiger partial charge >= 0.3 is 0 Å². The number of thioether (sulfide) groups is 1. The van der Waals surface area contributed by atoms with Crippen LogP contribution in [0, 0.1) is 6.92 Å². The Morgan fingerprint density at radius 2 is 1.77 bits per heavy atom. The van der Waals surface area contributed by atoms with E-state index in [1.54, 1.807) is 12.1 Å². The van der Waals surface area contributed by atoms with E-state index in [0.29, 0.717) is 17.0 Å². The maximum Gasteiger partial charge on any atom is 0.265 e. The summed E-state index contributed by atoms with van der Waals surface area (Å²) in [4.78, 5) is 29.4. The number of nitrogens with one attached hydrogen (secondary N) is 1. The van der Waals surface area contributed by atoms with Crippen molar-refractivity contribution in [2.45, 2.75) is 24.7 Å². The zero-order valence-corrected chi connectivity index (χ0v) is 20.8. The number of fused-ring (bicyclic) bond motifs is 1. The molecule has 0 aromatic heterocycles. The average molecular weight is 489 g/mol. The van der Waals surface area contributed by atoms with Crippen LogP contribution in [0.2, 0.25) is 0 Å². The number of hydrogen-bond acceptors (Lipinski definition) is 5. The summed E-state index contributed by atoms with van der Waals surface area (Å²) in [6.07, 6.45) is 1.38. The van der Waals surface area contributed by atoms with Crippen LogP contribution in [0.5, 0.6) is 0 Å². The third-order valence-electron chi connectivity index (χ3n) is 5.68. The van der Waals surface area contributed by atoms with Gasteiger partial charge in [0.2, 0.25) is 0 Å². The Labute approximate surface area is 209 Å². The van der Waals surface area contributed by atoms with E-state index in [9.17, 15) is 9.59 Å². The third kappa shape index (κ3) is 6.00. The van der Waals surface area contributed by atoms with Gasteiger partial charge < -0.3 is 19.7 Å². The number of amides is 2. The second kappa shape index (κ2) is 11.4. The molecule has 3 aromatic rings. The van der Waals surface area contributed by atoms with Gasteiger partial charge in [0.25, 0.3) is 11.8 Å². The molecular formula is C28H28N2O4S. The number of aryl methyl sites for hydroxylation is 1. The Morgan fingerprint density at radius 3 is 2.49 bits per heavy atom. The minimum absolute atomic E-state index is 0.0396. The average Bonchev–Trinajstić information content (AvgIpc) is 2.87. The van der Waals surface area contributed by atoms with Crippen LogP contribution in [-0.2, 0) is 20.8 Å². The Bertz CT molecular complexity index is 1240. The summed E-state index contributed by atoms with van der Waals surface area (Å²) in [5.74, 6) is -0.258. The molecule has 4 rings (SSSR count). The van der Waals surface area contributed by atoms with Crippen LogP contribution < -0.4 is 10.2 Å². The first-order valence-corrected chi connectivity index (χ1v) is 12.1. The fourth-order valence-corrected chi connectivity index (χ4v) is 4.89. The van der Waals surface area contributed by atoms with E-state index in [-0.39, 0.29) is 18.4 Å². The first-order chi connectivity index (χ1) is 17.0. The van der Waals surface area contributed by atoms with E-state index in [0.717, 1.165) is 27.3 Å². The summed E-state index contributed by atoms with van der Waals surface area (Å²) in [7, 11) is 3.04. The Hall–Kier alpha value is -3.39. The lowest BCUT2D eigenvalue weighted by Gasteiger charge is -2.30. The molecule has 2 amide bonds. The molecule has 1 N–H and O–H groups in total. The maximum atomic E-state index is 13.5. The fraction of sp³-hybridized carbons (Fsp3) is 0.214. The third-order valence-corrected chi connectivity index (χ3v) is 6.76. The van der Waals surface area contributed by atoms with Crippen LogP contribution in [0.1, 0.15) is 27.0 Å². The molecular weight excluding hydrogens is 460 g/mol. The molecule has 1 aliphatic rings. The van der Waals surface area contributed by atoms with Crippen LogP contribution >= 0.6 is 11.8 Å². The lowest BCUT2D eigenvalue weighted by atomic mass is 10.1. The number of carbonyl (C=O) groups is 2. The lowest BCUT2D eigenvalue weighted by molar-refractivity contribution is -0.114. The Kier molecular flexibility index (Phi) is 8.02. The lowest BCUT2D eigenvalue weighted by Crippen LogP contribution is -2.34. The minimum atomic E-state index is -0.497. The second-order valence-electron chi connectivity index (χ2n) is 8.19. The molecule has 1 aliphatic heterocycles. The normalized spacial score (nSPS) is 14.3. The number of hydrogen-bond donors (Lipinski definition) is 1. The van der Waals surface area contributed by atoms with E-state index in [1.165, 1.54) is 26.0 Å². The van der Waals surface area contributed by atoms with Gasteiger partial charge in [-0.15, -0.1) is 0 Å². The minimum Gasteiger partial charge on any atom is -0.354 e. The summed E-state index contributed by atoms with van der Waals surface area (Å²) >= 11 is 1.47. The van der Waals surface area contributed by atoms with Gasteiger partial charge in [-0.25, -0.2) is 0 Å². The van der Waals surface area contributed by atoms with Crippen LogP contribution in [0.25, 0.3) is 6.08 Å². The van der Waals surface area contributed by atoms with Crippen molar-refractivity contribution < 1.29 is 19.1 Å². The van der Waals surface area contributed by atoms with Gasteiger partial charge in [0.1, 0.15) is 0 Å². The van der Waals surface area contributed by atoms with Crippen LogP contribution in [-0.4, -0.2) is 38.9 Å². The van der Waals surface area contributed by atoms with Gasteiger partial charge in [-0.05, 0) is 48.4 Å². The molecule has 0 radical (unpaired) electrons. The number of benzene rings is 3. The summed E-state index contributed by atoms with van der Waals surface area (Å²) < 4.78 is 10.2. The molecule has 1 heterocycles. The van der Waals surface area contributed by atoms with Gasteiger partial charge in [0.15, 0.2) is 6.29 Å². The first-order valence-electron chi connectivity index (χ1n) is 11.3. The number of nitrogens with zero attached hydrogens (tertiary/aromatic N) is 1. The van der Waals surface area contributed by atoms with Gasteiger partial charge in [0, 0.05) is 24.7 Å². The van der Waals surface area contributed by atoms with Crippen molar-refractivity contribution in [2.24, 2.45) is 0 Å². The number of anilines is 1. The zero-order chi connectivity index (χ0) is 24.8. The largest absolute Gasteiger partial charge is 0.354 e. The monoisotopic (exact) mass is 488 g/mol. The molecule has 0 fully saturated rings. The highest BCUT2D eigenvalue weighted by molar-refractivity contribution is 8.04. The Morgan fingerprint density at radius 1 is 1.03 bits per heavy atom. The van der Waals surface area contributed by atoms with E-state index < -0.39 is 6.29 Å². The topological polar surface area (TPSA) is 67.9 Å². The maximum absolute atomic E-state index is 13.5. The molecule has 0 bridgehead atoms. The van der Waals surface area contributed by atoms with E-state index in [1.807, 2.05) is 72.5 Å². The number of rotatable bonds is 8. The SMILES string of the molecule is COC(CNC(=O)c1ccc(/C=C2/Sc3ccccc3N(Cc3cccc(C)c3)C2=O)cc1)OC. The number of para-hydroxylation sites is 1. The molecule has 35 heavy (non-hydrogen) atoms. The van der Waals surface area contributed by atoms with Crippen molar-refractivity contribution in [3.63, 3.8) is 0 Å². The summed E-state index contributed by atoms with van der Waals surface area (Å²) in [5.41, 5.74) is 4.53. The zero-order valence-electron chi connectivity index (χ0n) is 20.0. The van der Waals surface area contributed by atoms with Gasteiger partial charge in [-0.3, -0.25) is 9.59 Å². The van der Waals surface area contributed by atoms with Gasteiger partial charge in [-0.1, -0.05) is 65.9 Å². The molecule has 0 spiro atoms. The summed E-state index contributed by atoms with van der Waals surface area (Å²) in [6.45, 7) is 2.80. The van der Waals surface area contributed by atoms with E-state index in [2.05, 4.69) is 11.4 Å². The molecule has 0 unspecified atom stereocenters. The highest BCUT2D eigenvalue weighted by Gasteiger charge is 2.29. The molecule has 0 saturated heterocycles. The van der Waals surface area contributed by atoms with Crippen molar-refractivity contribution in [1.82, 2.24) is 5.32 Å². The van der Waals surface area contributed by atoms with Gasteiger partial charge in [0.05, 0.1) is 23.7 Å². The van der Waals surface area contributed by atoms with Crippen molar-refractivity contribution >= 4 is 35.3 Å². The number of methoxy groups -OCH3 is 2. The number of ether oxygens (including phenoxy) is 2. The fourth-order valence-electron chi connectivity index (χ4n) is 3.84. The standard InChI is InChI=1S/C28H28N2O4S/c1-19-7-6-8-21(15-19)18-30-23-9-4-5-10-24(23)35-25(28(30)32)16-20-11-13-22(14-12-20)27(31)29-17-26(33-2)34-3/h4-16,26H,17-18H2,1-3H3,(H,29,31)/b25-16+. The Balaban J connectivity index is 1.54. The summed E-state index contributed by atoms with van der Waals surface area (Å²) in [6, 6.07) is 23.3. The molecule has 180 valence electrons. The molecule has 0 atom stereocenters. The van der Waals surface area contributed by atoms with Crippen molar-refractivity contribution in [3.05, 3.63) is 100.0 Å². The quantitative estimate of drug-likeness (QED) is 0.356. The van der Waals surface area contributed by atoms with Crippen molar-refractivity contribution in [2.75, 3.05) is 25.7 Å². The second-order valence-corrected chi connectivity index (χ2v) is 9.28. The molecule has 3 aromatic carbocycles. The van der Waals surface area contributed by atoms with Crippen molar-refractivity contribution in [3.8, 4) is 0 Å². The number of carbonyl (C=O) groups excluding carboxylic acids is 2. The highest BCUT2D eigenvalue weighted by atomic mass is 32.2. The molecule has 7 heteroatoms. The first kappa shape index (κ1) is 24.7. The van der Waals surface area contributed by atoms with E-state index >= 15 is 0 Å². The van der Waals surface area contributed by atoms with E-state index in [4.69, 9.17) is 9.47 Å². The molecule has 6 nitrogen and oxygen atoms in total. The summed E-state index contributed by atoms with van der Waals surface area (Å²) in [5, 5.41) is 2.78. The van der Waals surface area contributed by atoms with Crippen molar-refractivity contribution in [1.29, 1.82) is 0 Å². The van der Waals surface area contributed by atoms with Crippen LogP contribution in [0.15, 0.2) is 82.6 Å². The van der Waals surface area contributed by atoms with Crippen LogP contribution in [0.3, 0.4) is 0 Å². The predicted octanol–water partition coefficient (Wildman–Crippen LogP) is 5.02.